The summed E-state index contributed by atoms with van der Waals surface area (Å²) in [5.74, 6) is -0.263. The summed E-state index contributed by atoms with van der Waals surface area (Å²) in [6, 6.07) is 10.5. The molecule has 0 saturated carbocycles. The Kier molecular flexibility index (Phi) is 5.85. The number of carbonyl (C=O) groups is 1. The first-order chi connectivity index (χ1) is 11.9. The maximum atomic E-state index is 12.6. The van der Waals surface area contributed by atoms with Gasteiger partial charge in [0.15, 0.2) is 0 Å². The third-order valence-electron chi connectivity index (χ3n) is 4.08. The molecule has 1 aromatic heterocycles. The van der Waals surface area contributed by atoms with Crippen LogP contribution in [0.4, 0.5) is 5.69 Å². The fourth-order valence-corrected chi connectivity index (χ4v) is 6.07. The molecule has 25 heavy (non-hydrogen) atoms. The van der Waals surface area contributed by atoms with Crippen molar-refractivity contribution in [2.24, 2.45) is 5.92 Å². The predicted octanol–water partition coefficient (Wildman–Crippen LogP) is 4.20. The van der Waals surface area contributed by atoms with E-state index >= 15 is 0 Å². The third kappa shape index (κ3) is 4.43. The van der Waals surface area contributed by atoms with Crippen LogP contribution in [0.1, 0.15) is 12.8 Å². The van der Waals surface area contributed by atoms with E-state index in [1.165, 1.54) is 10.4 Å². The van der Waals surface area contributed by atoms with E-state index < -0.39 is 10.0 Å². The van der Waals surface area contributed by atoms with Crippen LogP contribution in [0.3, 0.4) is 0 Å². The molecule has 0 aliphatic carbocycles. The highest BCUT2D eigenvalue weighted by molar-refractivity contribution is 9.10. The van der Waals surface area contributed by atoms with Crippen LogP contribution in [0.15, 0.2) is 45.1 Å². The fourth-order valence-electron chi connectivity index (χ4n) is 2.70. The molecule has 0 spiro atoms. The first kappa shape index (κ1) is 18.8. The van der Waals surface area contributed by atoms with E-state index in [2.05, 4.69) is 21.2 Å². The van der Waals surface area contributed by atoms with Crippen molar-refractivity contribution in [1.29, 1.82) is 0 Å². The molecule has 0 unspecified atom stereocenters. The second-order valence-corrected chi connectivity index (χ2v) is 10.5. The minimum Gasteiger partial charge on any atom is -0.326 e. The van der Waals surface area contributed by atoms with Crippen LogP contribution in [0.2, 0.25) is 4.34 Å². The Morgan fingerprint density at radius 1 is 1.16 bits per heavy atom. The maximum absolute atomic E-state index is 12.6. The zero-order valence-electron chi connectivity index (χ0n) is 13.1. The number of nitrogens with zero attached hydrogens (tertiary/aromatic N) is 1. The van der Waals surface area contributed by atoms with Crippen molar-refractivity contribution in [3.05, 3.63) is 45.2 Å². The largest absolute Gasteiger partial charge is 0.326 e. The zero-order valence-corrected chi connectivity index (χ0v) is 17.1. The Hall–Kier alpha value is -0.930. The highest BCUT2D eigenvalue weighted by Crippen LogP contribution is 2.30. The number of carbonyl (C=O) groups excluding carboxylic acids is 1. The van der Waals surface area contributed by atoms with Crippen LogP contribution in [-0.4, -0.2) is 31.7 Å². The van der Waals surface area contributed by atoms with Crippen LogP contribution in [0, 0.1) is 5.92 Å². The molecule has 0 bridgehead atoms. The van der Waals surface area contributed by atoms with Gasteiger partial charge in [0, 0.05) is 29.2 Å². The summed E-state index contributed by atoms with van der Waals surface area (Å²) in [4.78, 5) is 12.4. The Labute approximate surface area is 164 Å². The lowest BCUT2D eigenvalue weighted by Crippen LogP contribution is -2.41. The van der Waals surface area contributed by atoms with Crippen molar-refractivity contribution < 1.29 is 13.2 Å². The number of hydrogen-bond donors (Lipinski definition) is 1. The topological polar surface area (TPSA) is 66.5 Å². The van der Waals surface area contributed by atoms with E-state index in [1.54, 1.807) is 6.07 Å². The lowest BCUT2D eigenvalue weighted by molar-refractivity contribution is -0.120. The van der Waals surface area contributed by atoms with Crippen LogP contribution in [-0.2, 0) is 14.8 Å². The molecule has 1 aromatic carbocycles. The van der Waals surface area contributed by atoms with E-state index in [0.717, 1.165) is 21.5 Å². The minimum absolute atomic E-state index is 0.0708. The summed E-state index contributed by atoms with van der Waals surface area (Å²) in [6.45, 7) is 0.659. The van der Waals surface area contributed by atoms with Gasteiger partial charge in [-0.25, -0.2) is 8.42 Å². The lowest BCUT2D eigenvalue weighted by Gasteiger charge is -2.30. The number of anilines is 1. The van der Waals surface area contributed by atoms with Crippen LogP contribution >= 0.6 is 38.9 Å². The van der Waals surface area contributed by atoms with Crippen molar-refractivity contribution in [2.45, 2.75) is 17.1 Å². The van der Waals surface area contributed by atoms with Crippen LogP contribution < -0.4 is 5.32 Å². The van der Waals surface area contributed by atoms with Crippen molar-refractivity contribution >= 4 is 60.5 Å². The van der Waals surface area contributed by atoms with E-state index in [-0.39, 0.29) is 16.0 Å². The lowest BCUT2D eigenvalue weighted by atomic mass is 9.97. The highest BCUT2D eigenvalue weighted by Gasteiger charge is 2.32. The SMILES string of the molecule is O=C(Nc1ccc(Br)cc1)C1CCN(S(=O)(=O)c2ccc(Cl)s2)CC1. The van der Waals surface area contributed by atoms with Crippen molar-refractivity contribution in [3.63, 3.8) is 0 Å². The smallest absolute Gasteiger partial charge is 0.252 e. The predicted molar refractivity (Wildman–Crippen MR) is 104 cm³/mol. The molecular weight excluding hydrogens is 448 g/mol. The molecule has 1 saturated heterocycles. The summed E-state index contributed by atoms with van der Waals surface area (Å²) < 4.78 is 28.2. The number of benzene rings is 1. The van der Waals surface area contributed by atoms with Crippen molar-refractivity contribution in [1.82, 2.24) is 4.31 Å². The molecule has 3 rings (SSSR count). The van der Waals surface area contributed by atoms with E-state index in [4.69, 9.17) is 11.6 Å². The molecule has 1 aliphatic heterocycles. The number of thiophene rings is 1. The summed E-state index contributed by atoms with van der Waals surface area (Å²) in [7, 11) is -3.52. The number of nitrogens with one attached hydrogen (secondary N) is 1. The van der Waals surface area contributed by atoms with Gasteiger partial charge in [0.1, 0.15) is 4.21 Å². The summed E-state index contributed by atoms with van der Waals surface area (Å²) in [5, 5.41) is 2.88. The van der Waals surface area contributed by atoms with Gasteiger partial charge in [-0.1, -0.05) is 27.5 Å². The first-order valence-electron chi connectivity index (χ1n) is 7.68. The van der Waals surface area contributed by atoms with Crippen molar-refractivity contribution in [3.8, 4) is 0 Å². The Morgan fingerprint density at radius 2 is 1.80 bits per heavy atom. The molecule has 2 aromatic rings. The molecule has 0 atom stereocenters. The molecule has 1 N–H and O–H groups in total. The first-order valence-corrected chi connectivity index (χ1v) is 11.1. The average molecular weight is 464 g/mol. The second-order valence-electron chi connectivity index (χ2n) is 5.73. The monoisotopic (exact) mass is 462 g/mol. The summed E-state index contributed by atoms with van der Waals surface area (Å²) in [5.41, 5.74) is 0.733. The molecular formula is C16H16BrClN2O3S2. The van der Waals surface area contributed by atoms with Gasteiger partial charge < -0.3 is 5.32 Å². The zero-order chi connectivity index (χ0) is 18.0. The quantitative estimate of drug-likeness (QED) is 0.739. The average Bonchev–Trinajstić information content (AvgIpc) is 3.04. The number of sulfonamides is 1. The normalized spacial score (nSPS) is 16.7. The molecule has 9 heteroatoms. The van der Waals surface area contributed by atoms with Gasteiger partial charge >= 0.3 is 0 Å². The number of amides is 1. The third-order valence-corrected chi connectivity index (χ3v) is 8.21. The van der Waals surface area contributed by atoms with E-state index in [1.807, 2.05) is 24.3 Å². The minimum atomic E-state index is -3.52. The molecule has 1 amide bonds. The van der Waals surface area contributed by atoms with Gasteiger partial charge in [-0.05, 0) is 49.2 Å². The number of halogens is 2. The molecule has 1 aliphatic rings. The van der Waals surface area contributed by atoms with Gasteiger partial charge in [0.2, 0.25) is 5.91 Å². The Balaban J connectivity index is 1.59. The van der Waals surface area contributed by atoms with Gasteiger partial charge in [-0.3, -0.25) is 4.79 Å². The van der Waals surface area contributed by atoms with E-state index in [0.29, 0.717) is 30.3 Å². The number of hydrogen-bond acceptors (Lipinski definition) is 4. The van der Waals surface area contributed by atoms with Crippen LogP contribution in [0.5, 0.6) is 0 Å². The van der Waals surface area contributed by atoms with Gasteiger partial charge in [-0.2, -0.15) is 4.31 Å². The van der Waals surface area contributed by atoms with Gasteiger partial charge in [0.25, 0.3) is 10.0 Å². The molecule has 5 nitrogen and oxygen atoms in total. The number of rotatable bonds is 4. The van der Waals surface area contributed by atoms with Gasteiger partial charge in [-0.15, -0.1) is 11.3 Å². The van der Waals surface area contributed by atoms with Crippen LogP contribution in [0.25, 0.3) is 0 Å². The molecule has 0 radical (unpaired) electrons. The van der Waals surface area contributed by atoms with Gasteiger partial charge in [0.05, 0.1) is 4.34 Å². The highest BCUT2D eigenvalue weighted by atomic mass is 79.9. The summed E-state index contributed by atoms with van der Waals surface area (Å²) in [6.07, 6.45) is 1.00. The Bertz CT molecular complexity index is 860. The second kappa shape index (κ2) is 7.75. The summed E-state index contributed by atoms with van der Waals surface area (Å²) >= 11 is 10.2. The molecule has 2 heterocycles. The fraction of sp³-hybridized carbons (Fsp3) is 0.312. The number of piperidine rings is 1. The Morgan fingerprint density at radius 3 is 2.36 bits per heavy atom. The van der Waals surface area contributed by atoms with E-state index in [9.17, 15) is 13.2 Å². The molecule has 1 fully saturated rings. The molecule has 134 valence electrons. The maximum Gasteiger partial charge on any atom is 0.252 e. The standard InChI is InChI=1S/C16H16BrClN2O3S2/c17-12-1-3-13(4-2-12)19-16(21)11-7-9-20(10-8-11)25(22,23)15-6-5-14(18)24-15/h1-6,11H,7-10H2,(H,19,21). The van der Waals surface area contributed by atoms with Crippen molar-refractivity contribution in [2.75, 3.05) is 18.4 Å².